The summed E-state index contributed by atoms with van der Waals surface area (Å²) in [5, 5.41) is 0. The third kappa shape index (κ3) is 1.85. The van der Waals surface area contributed by atoms with Gasteiger partial charge >= 0.3 is 5.97 Å². The van der Waals surface area contributed by atoms with E-state index in [1.807, 2.05) is 12.1 Å². The molecule has 1 unspecified atom stereocenters. The molecule has 1 spiro atoms. The van der Waals surface area contributed by atoms with Gasteiger partial charge in [-0.05, 0) is 37.7 Å². The zero-order valence-electron chi connectivity index (χ0n) is 16.0. The molecule has 5 rings (SSSR count). The van der Waals surface area contributed by atoms with Crippen molar-refractivity contribution in [1.82, 2.24) is 4.90 Å². The Morgan fingerprint density at radius 2 is 2.18 bits per heavy atom. The van der Waals surface area contributed by atoms with Crippen molar-refractivity contribution < 1.29 is 23.7 Å². The Kier molecular flexibility index (Phi) is 3.77. The first-order chi connectivity index (χ1) is 13.5. The summed E-state index contributed by atoms with van der Waals surface area (Å²) in [7, 11) is 5.33. The molecule has 6 nitrogen and oxygen atoms in total. The normalized spacial score (nSPS) is 34.2. The Bertz CT molecular complexity index is 928. The summed E-state index contributed by atoms with van der Waals surface area (Å²) in [5.74, 6) is 1.47. The van der Waals surface area contributed by atoms with Crippen molar-refractivity contribution in [2.75, 3.05) is 33.7 Å². The monoisotopic (exact) mass is 403 g/mol. The van der Waals surface area contributed by atoms with Crippen LogP contribution in [0, 0.1) is 0 Å². The smallest absolute Gasteiger partial charge is 0.321 e. The maximum absolute atomic E-state index is 12.2. The van der Waals surface area contributed by atoms with Crippen molar-refractivity contribution >= 4 is 23.6 Å². The van der Waals surface area contributed by atoms with Crippen LogP contribution in [0.25, 0.3) is 6.08 Å². The van der Waals surface area contributed by atoms with Gasteiger partial charge in [0.2, 0.25) is 0 Å². The summed E-state index contributed by atoms with van der Waals surface area (Å²) in [6.45, 7) is 0.833. The number of hydrogen-bond acceptors (Lipinski definition) is 6. The van der Waals surface area contributed by atoms with Crippen molar-refractivity contribution in [3.63, 3.8) is 0 Å². The molecule has 1 saturated heterocycles. The maximum Gasteiger partial charge on any atom is 0.321 e. The van der Waals surface area contributed by atoms with E-state index in [2.05, 4.69) is 30.2 Å². The highest BCUT2D eigenvalue weighted by atomic mass is 35.5. The van der Waals surface area contributed by atoms with Crippen LogP contribution in [0.5, 0.6) is 11.5 Å². The molecule has 0 amide bonds. The fraction of sp³-hybridized carbons (Fsp3) is 0.476. The van der Waals surface area contributed by atoms with Crippen LogP contribution in [-0.4, -0.2) is 62.3 Å². The molecule has 0 radical (unpaired) electrons. The molecule has 2 heterocycles. The quantitative estimate of drug-likeness (QED) is 0.568. The molecule has 4 aliphatic rings. The number of alkyl halides is 1. The van der Waals surface area contributed by atoms with E-state index < -0.39 is 23.0 Å². The van der Waals surface area contributed by atoms with E-state index in [1.165, 1.54) is 0 Å². The van der Waals surface area contributed by atoms with E-state index in [9.17, 15) is 4.79 Å². The molecule has 28 heavy (non-hydrogen) atoms. The minimum atomic E-state index is -0.577. The third-order valence-corrected chi connectivity index (χ3v) is 7.04. The predicted octanol–water partition coefficient (Wildman–Crippen LogP) is 2.49. The number of carbonyl (C=O) groups excluding carboxylic acids is 1. The predicted molar refractivity (Wildman–Crippen MR) is 104 cm³/mol. The van der Waals surface area contributed by atoms with Crippen molar-refractivity contribution in [2.24, 2.45) is 0 Å². The van der Waals surface area contributed by atoms with Crippen LogP contribution in [0.15, 0.2) is 30.0 Å². The lowest BCUT2D eigenvalue weighted by molar-refractivity contribution is -0.152. The summed E-state index contributed by atoms with van der Waals surface area (Å²) in [5.41, 5.74) is 1.20. The molecule has 2 aliphatic heterocycles. The largest absolute Gasteiger partial charge is 0.497 e. The van der Waals surface area contributed by atoms with Crippen LogP contribution in [0.1, 0.15) is 17.5 Å². The van der Waals surface area contributed by atoms with Gasteiger partial charge in [-0.25, -0.2) is 0 Å². The number of carbonyl (C=O) groups is 1. The van der Waals surface area contributed by atoms with E-state index in [-0.39, 0.29) is 12.0 Å². The lowest BCUT2D eigenvalue weighted by atomic mass is 9.55. The van der Waals surface area contributed by atoms with Gasteiger partial charge in [0.15, 0.2) is 17.6 Å². The number of rotatable bonds is 4. The van der Waals surface area contributed by atoms with Crippen LogP contribution in [0.2, 0.25) is 0 Å². The Morgan fingerprint density at radius 1 is 1.36 bits per heavy atom. The number of benzene rings is 1. The number of hydrogen-bond donors (Lipinski definition) is 0. The molecule has 0 aromatic heterocycles. The molecule has 0 N–H and O–H groups in total. The Morgan fingerprint density at radius 3 is 2.89 bits per heavy atom. The lowest BCUT2D eigenvalue weighted by Crippen LogP contribution is -2.68. The second-order valence-corrected chi connectivity index (χ2v) is 7.95. The van der Waals surface area contributed by atoms with Crippen LogP contribution >= 0.6 is 11.6 Å². The highest BCUT2D eigenvalue weighted by molar-refractivity contribution is 6.26. The maximum atomic E-state index is 12.2. The molecule has 4 atom stereocenters. The second-order valence-electron chi connectivity index (χ2n) is 7.68. The molecule has 2 aliphatic carbocycles. The SMILES string of the molecule is COC1=CC(OC(=O)CCl)[C@@]23C=Cc4ccc(OC)c5c4[C@@]2(CCN3C)[C@H]1O5. The number of methoxy groups -OCH3 is 2. The molecule has 1 fully saturated rings. The van der Waals surface area contributed by atoms with E-state index in [1.54, 1.807) is 14.2 Å². The van der Waals surface area contributed by atoms with Crippen molar-refractivity contribution in [2.45, 2.75) is 29.6 Å². The average molecular weight is 404 g/mol. The molecule has 0 bridgehead atoms. The summed E-state index contributed by atoms with van der Waals surface area (Å²) in [6, 6.07) is 3.99. The highest BCUT2D eigenvalue weighted by Gasteiger charge is 2.73. The van der Waals surface area contributed by atoms with Gasteiger partial charge in [-0.15, -0.1) is 11.6 Å². The highest BCUT2D eigenvalue weighted by Crippen LogP contribution is 2.66. The first-order valence-electron chi connectivity index (χ1n) is 9.33. The van der Waals surface area contributed by atoms with Gasteiger partial charge in [0, 0.05) is 5.56 Å². The average Bonchev–Trinajstić information content (AvgIpc) is 3.23. The van der Waals surface area contributed by atoms with Crippen LogP contribution in [0.4, 0.5) is 0 Å². The summed E-state index contributed by atoms with van der Waals surface area (Å²) >= 11 is 5.75. The molecule has 0 saturated carbocycles. The fourth-order valence-corrected chi connectivity index (χ4v) is 5.80. The standard InChI is InChI=1S/C21H22ClNO5/c1-23-9-8-20-17-12-4-5-13(25-2)18(17)28-19(20)14(26-3)10-15(27-16(24)11-22)21(20,23)7-6-12/h4-7,10,15,19H,8-9,11H2,1-3H3/t15?,19-,20-,21-/m0/s1. The fourth-order valence-electron chi connectivity index (χ4n) is 5.74. The van der Waals surface area contributed by atoms with Gasteiger partial charge in [-0.3, -0.25) is 9.69 Å². The summed E-state index contributed by atoms with van der Waals surface area (Å²) in [4.78, 5) is 14.4. The van der Waals surface area contributed by atoms with Gasteiger partial charge in [-0.1, -0.05) is 18.2 Å². The minimum Gasteiger partial charge on any atom is -0.497 e. The first kappa shape index (κ1) is 17.9. The molecular formula is C21H22ClNO5. The molecule has 148 valence electrons. The van der Waals surface area contributed by atoms with E-state index in [4.69, 9.17) is 30.5 Å². The third-order valence-electron chi connectivity index (χ3n) is 6.82. The number of ether oxygens (including phenoxy) is 4. The number of halogens is 1. The second kappa shape index (κ2) is 5.91. The van der Waals surface area contributed by atoms with E-state index in [0.29, 0.717) is 11.5 Å². The Hall–Kier alpha value is -2.18. The zero-order chi connectivity index (χ0) is 19.7. The molecule has 7 heteroatoms. The van der Waals surface area contributed by atoms with Gasteiger partial charge in [0.1, 0.15) is 17.7 Å². The van der Waals surface area contributed by atoms with Gasteiger partial charge in [-0.2, -0.15) is 0 Å². The summed E-state index contributed by atoms with van der Waals surface area (Å²) < 4.78 is 23.7. The lowest BCUT2D eigenvalue weighted by Gasteiger charge is -2.54. The number of likely N-dealkylation sites (tertiary alicyclic amines) is 1. The van der Waals surface area contributed by atoms with Crippen LogP contribution in [0.3, 0.4) is 0 Å². The van der Waals surface area contributed by atoms with E-state index in [0.717, 1.165) is 29.8 Å². The first-order valence-corrected chi connectivity index (χ1v) is 9.86. The molecule has 1 aromatic carbocycles. The topological polar surface area (TPSA) is 57.2 Å². The van der Waals surface area contributed by atoms with E-state index >= 15 is 0 Å². The molecular weight excluding hydrogens is 382 g/mol. The van der Waals surface area contributed by atoms with Gasteiger partial charge < -0.3 is 18.9 Å². The van der Waals surface area contributed by atoms with Crippen molar-refractivity contribution in [3.05, 3.63) is 41.2 Å². The van der Waals surface area contributed by atoms with Crippen molar-refractivity contribution in [3.8, 4) is 11.5 Å². The van der Waals surface area contributed by atoms with Crippen LogP contribution < -0.4 is 9.47 Å². The summed E-state index contributed by atoms with van der Waals surface area (Å²) in [6.07, 6.45) is 6.11. The van der Waals surface area contributed by atoms with Gasteiger partial charge in [0.25, 0.3) is 0 Å². The number of nitrogens with zero attached hydrogens (tertiary/aromatic N) is 1. The zero-order valence-corrected chi connectivity index (χ0v) is 16.8. The Labute approximate surface area is 168 Å². The Balaban J connectivity index is 1.81. The molecule has 1 aromatic rings. The van der Waals surface area contributed by atoms with Gasteiger partial charge in [0.05, 0.1) is 25.2 Å². The van der Waals surface area contributed by atoms with Crippen LogP contribution in [-0.2, 0) is 19.7 Å². The van der Waals surface area contributed by atoms with Crippen molar-refractivity contribution in [1.29, 1.82) is 0 Å². The number of esters is 1. The number of likely N-dealkylation sites (N-methyl/N-ethyl adjacent to an activating group) is 1. The minimum absolute atomic E-state index is 0.196.